The molecule has 1 atom stereocenters. The van der Waals surface area contributed by atoms with Crippen molar-refractivity contribution in [2.24, 2.45) is 4.99 Å². The zero-order valence-corrected chi connectivity index (χ0v) is 24.5. The van der Waals surface area contributed by atoms with E-state index in [0.717, 1.165) is 11.3 Å². The fraction of sp³-hybridized carbons (Fsp3) is 0.250. The van der Waals surface area contributed by atoms with Gasteiger partial charge in [0.15, 0.2) is 16.7 Å². The number of nitrogens with one attached hydrogen (secondary N) is 1. The molecule has 3 aromatic rings. The van der Waals surface area contributed by atoms with E-state index in [0.29, 0.717) is 52.2 Å². The molecule has 1 aromatic heterocycles. The monoisotopic (exact) mass is 584 g/mol. The first-order chi connectivity index (χ1) is 20.5. The van der Waals surface area contributed by atoms with Crippen molar-refractivity contribution in [3.63, 3.8) is 0 Å². The maximum atomic E-state index is 13.8. The highest BCUT2D eigenvalue weighted by Gasteiger charge is 2.43. The van der Waals surface area contributed by atoms with Crippen LogP contribution in [0, 0.1) is 0 Å². The van der Waals surface area contributed by atoms with Gasteiger partial charge in [0.1, 0.15) is 0 Å². The van der Waals surface area contributed by atoms with E-state index in [1.54, 1.807) is 33.4 Å². The Bertz CT molecular complexity index is 1540. The van der Waals surface area contributed by atoms with Gasteiger partial charge >= 0.3 is 5.97 Å². The Kier molecular flexibility index (Phi) is 9.23. The summed E-state index contributed by atoms with van der Waals surface area (Å²) in [4.78, 5) is 38.1. The van der Waals surface area contributed by atoms with Crippen LogP contribution in [0.5, 0.6) is 11.5 Å². The molecule has 0 spiro atoms. The summed E-state index contributed by atoms with van der Waals surface area (Å²) >= 11 is 1.41. The van der Waals surface area contributed by atoms with Gasteiger partial charge in [0, 0.05) is 41.7 Å². The van der Waals surface area contributed by atoms with Crippen LogP contribution in [0.25, 0.3) is 5.70 Å². The molecule has 3 heterocycles. The van der Waals surface area contributed by atoms with Gasteiger partial charge in [0.2, 0.25) is 5.91 Å². The number of thioether (sulfide) groups is 1. The van der Waals surface area contributed by atoms with Crippen LogP contribution in [0.4, 0.5) is 0 Å². The molecule has 2 aromatic carbocycles. The lowest BCUT2D eigenvalue weighted by Gasteiger charge is -2.37. The Morgan fingerprint density at radius 1 is 1.00 bits per heavy atom. The average molecular weight is 585 g/mol. The number of rotatable bonds is 11. The minimum atomic E-state index is -0.695. The Morgan fingerprint density at radius 2 is 1.81 bits per heavy atom. The number of hydrogen-bond acceptors (Lipinski definition) is 9. The molecule has 0 unspecified atom stereocenters. The summed E-state index contributed by atoms with van der Waals surface area (Å²) in [6.07, 6.45) is 2.45. The van der Waals surface area contributed by atoms with Gasteiger partial charge in [-0.25, -0.2) is 9.79 Å². The minimum Gasteiger partial charge on any atom is -0.493 e. The highest BCUT2D eigenvalue weighted by Crippen LogP contribution is 2.50. The number of nitrogens with zero attached hydrogens (tertiary/aromatic N) is 3. The van der Waals surface area contributed by atoms with Crippen molar-refractivity contribution in [1.29, 1.82) is 0 Å². The summed E-state index contributed by atoms with van der Waals surface area (Å²) in [6.45, 7) is 2.42. The van der Waals surface area contributed by atoms with Crippen molar-refractivity contribution in [2.75, 3.05) is 27.4 Å². The predicted molar refractivity (Wildman–Crippen MR) is 163 cm³/mol. The second-order valence-electron chi connectivity index (χ2n) is 9.42. The van der Waals surface area contributed by atoms with Crippen LogP contribution in [-0.4, -0.2) is 54.3 Å². The summed E-state index contributed by atoms with van der Waals surface area (Å²) in [7, 11) is 3.13. The van der Waals surface area contributed by atoms with Gasteiger partial charge in [-0.1, -0.05) is 60.3 Å². The molecule has 1 amide bonds. The first-order valence-electron chi connectivity index (χ1n) is 13.6. The van der Waals surface area contributed by atoms with E-state index in [-0.39, 0.29) is 18.9 Å². The maximum Gasteiger partial charge on any atom is 0.338 e. The highest BCUT2D eigenvalue weighted by molar-refractivity contribution is 8.16. The molecule has 2 aliphatic heterocycles. The minimum absolute atomic E-state index is 0.0911. The van der Waals surface area contributed by atoms with Crippen molar-refractivity contribution in [1.82, 2.24) is 15.2 Å². The van der Waals surface area contributed by atoms with Crippen LogP contribution in [0.15, 0.2) is 94.6 Å². The Balaban J connectivity index is 1.54. The first kappa shape index (κ1) is 28.9. The molecule has 0 bridgehead atoms. The number of para-hydroxylation sites is 1. The lowest BCUT2D eigenvalue weighted by atomic mass is 9.90. The van der Waals surface area contributed by atoms with Crippen molar-refractivity contribution in [2.45, 2.75) is 25.8 Å². The number of amidine groups is 1. The number of ether oxygens (including phenoxy) is 3. The summed E-state index contributed by atoms with van der Waals surface area (Å²) in [5.41, 5.74) is 3.93. The van der Waals surface area contributed by atoms with Crippen LogP contribution in [0.1, 0.15) is 36.2 Å². The zero-order chi connectivity index (χ0) is 29.5. The number of esters is 1. The number of aromatic nitrogens is 1. The first-order valence-corrected chi connectivity index (χ1v) is 14.5. The molecule has 2 aliphatic rings. The Hall–Kier alpha value is -4.57. The predicted octanol–water partition coefficient (Wildman–Crippen LogP) is 5.12. The van der Waals surface area contributed by atoms with Gasteiger partial charge in [-0.3, -0.25) is 9.78 Å². The molecule has 42 heavy (non-hydrogen) atoms. The van der Waals surface area contributed by atoms with Crippen LogP contribution in [0.3, 0.4) is 0 Å². The summed E-state index contributed by atoms with van der Waals surface area (Å²) < 4.78 is 17.0. The van der Waals surface area contributed by atoms with E-state index in [9.17, 15) is 9.59 Å². The van der Waals surface area contributed by atoms with E-state index in [1.165, 1.54) is 11.8 Å². The normalized spacial score (nSPS) is 15.9. The number of carbonyl (C=O) groups is 2. The molecular formula is C32H32N4O5S. The van der Waals surface area contributed by atoms with Gasteiger partial charge in [0.05, 0.1) is 44.6 Å². The number of aliphatic imine (C=N–C) groups is 1. The van der Waals surface area contributed by atoms with Gasteiger partial charge in [-0.2, -0.15) is 0 Å². The topological polar surface area (TPSA) is 102 Å². The zero-order valence-electron chi connectivity index (χ0n) is 23.7. The van der Waals surface area contributed by atoms with E-state index in [2.05, 4.69) is 10.3 Å². The molecule has 0 aliphatic carbocycles. The average Bonchev–Trinajstić information content (AvgIpc) is 3.42. The van der Waals surface area contributed by atoms with Crippen LogP contribution in [-0.2, 0) is 20.7 Å². The van der Waals surface area contributed by atoms with Crippen molar-refractivity contribution in [3.8, 4) is 11.5 Å². The van der Waals surface area contributed by atoms with Crippen molar-refractivity contribution in [3.05, 3.63) is 106 Å². The van der Waals surface area contributed by atoms with Gasteiger partial charge in [-0.15, -0.1) is 0 Å². The molecule has 1 N–H and O–H groups in total. The van der Waals surface area contributed by atoms with Crippen molar-refractivity contribution < 1.29 is 23.8 Å². The largest absolute Gasteiger partial charge is 0.493 e. The summed E-state index contributed by atoms with van der Waals surface area (Å²) in [5, 5.41) is 5.55. The number of hydrogen-bond donors (Lipinski definition) is 1. The molecule has 9 nitrogen and oxygen atoms in total. The smallest absolute Gasteiger partial charge is 0.338 e. The standard InChI is InChI=1S/C32H32N4O5S/c1-4-41-31(38)27-28(21-11-6-5-7-12-21)35-32-36(29(27)24-14-10-15-25(39-2)30(24)40-3)23(20-42-32)19-26(37)34-18-16-22-13-8-9-17-33-22/h5-15,17,20,29H,4,16,18-19H2,1-3H3,(H,34,37)/t29-/m0/s1. The highest BCUT2D eigenvalue weighted by atomic mass is 32.2. The lowest BCUT2D eigenvalue weighted by Crippen LogP contribution is -2.38. The fourth-order valence-corrected chi connectivity index (χ4v) is 5.93. The van der Waals surface area contributed by atoms with E-state index < -0.39 is 12.0 Å². The van der Waals surface area contributed by atoms with Crippen molar-refractivity contribution >= 4 is 34.5 Å². The van der Waals surface area contributed by atoms with E-state index in [1.807, 2.05) is 71.0 Å². The van der Waals surface area contributed by atoms with Crippen LogP contribution in [0.2, 0.25) is 0 Å². The van der Waals surface area contributed by atoms with Gasteiger partial charge in [-0.05, 0) is 30.5 Å². The number of benzene rings is 2. The number of carbonyl (C=O) groups excluding carboxylic acids is 2. The molecule has 0 radical (unpaired) electrons. The third-order valence-electron chi connectivity index (χ3n) is 6.85. The second kappa shape index (κ2) is 13.4. The fourth-order valence-electron chi connectivity index (χ4n) is 5.01. The number of fused-ring (bicyclic) bond motifs is 1. The Labute approximate surface area is 249 Å². The van der Waals surface area contributed by atoms with Crippen LogP contribution >= 0.6 is 11.8 Å². The van der Waals surface area contributed by atoms with E-state index in [4.69, 9.17) is 19.2 Å². The number of amides is 1. The van der Waals surface area contributed by atoms with Gasteiger partial charge < -0.3 is 24.4 Å². The molecule has 216 valence electrons. The third-order valence-corrected chi connectivity index (χ3v) is 7.74. The SMILES string of the molecule is CCOC(=O)C1=C(c2ccccc2)N=C2SC=C(CC(=O)NCCc3ccccn3)N2[C@H]1c1cccc(OC)c1OC. The second-order valence-corrected chi connectivity index (χ2v) is 10.3. The molecule has 0 saturated heterocycles. The number of methoxy groups -OCH3 is 2. The Morgan fingerprint density at radius 3 is 2.52 bits per heavy atom. The quantitative estimate of drug-likeness (QED) is 0.310. The van der Waals surface area contributed by atoms with Gasteiger partial charge in [0.25, 0.3) is 0 Å². The summed E-state index contributed by atoms with van der Waals surface area (Å²) in [5.74, 6) is 0.362. The van der Waals surface area contributed by atoms with Crippen LogP contribution < -0.4 is 14.8 Å². The number of pyridine rings is 1. The third kappa shape index (κ3) is 6.03. The summed E-state index contributed by atoms with van der Waals surface area (Å²) in [6, 6.07) is 20.1. The molecule has 10 heteroatoms. The molecular weight excluding hydrogens is 552 g/mol. The molecule has 5 rings (SSSR count). The molecule has 0 saturated carbocycles. The molecule has 0 fully saturated rings. The maximum absolute atomic E-state index is 13.8. The van der Waals surface area contributed by atoms with E-state index >= 15 is 0 Å². The lowest BCUT2D eigenvalue weighted by molar-refractivity contribution is -0.139.